The first kappa shape index (κ1) is 23.4. The maximum Gasteiger partial charge on any atom is 0.337 e. The highest BCUT2D eigenvalue weighted by molar-refractivity contribution is 9.10. The molecular weight excluding hydrogens is 444 g/mol. The van der Waals surface area contributed by atoms with Crippen LogP contribution in [0.2, 0.25) is 0 Å². The molecule has 0 saturated carbocycles. The predicted octanol–water partition coefficient (Wildman–Crippen LogP) is 6.30. The van der Waals surface area contributed by atoms with Gasteiger partial charge in [0.05, 0.1) is 25.3 Å². The second-order valence-electron chi connectivity index (χ2n) is 6.79. The highest BCUT2D eigenvalue weighted by Crippen LogP contribution is 2.27. The third-order valence-corrected chi connectivity index (χ3v) is 5.55. The fraction of sp³-hybridized carbons (Fsp3) is 0.200. The van der Waals surface area contributed by atoms with Gasteiger partial charge in [0.2, 0.25) is 0 Å². The average Bonchev–Trinajstić information content (AvgIpc) is 2.75. The Hall–Kier alpha value is -2.92. The molecule has 0 saturated heterocycles. The van der Waals surface area contributed by atoms with E-state index in [-0.39, 0.29) is 11.9 Å². The van der Waals surface area contributed by atoms with Gasteiger partial charge in [-0.2, -0.15) is 0 Å². The first-order valence-corrected chi connectivity index (χ1v) is 10.2. The summed E-state index contributed by atoms with van der Waals surface area (Å²) in [6, 6.07) is 19.2. The Labute approximate surface area is 186 Å². The van der Waals surface area contributed by atoms with Gasteiger partial charge in [0.1, 0.15) is 0 Å². The van der Waals surface area contributed by atoms with Crippen LogP contribution in [0.1, 0.15) is 37.4 Å². The van der Waals surface area contributed by atoms with Gasteiger partial charge in [-0.3, -0.25) is 0 Å². The molecule has 0 aliphatic heterocycles. The van der Waals surface area contributed by atoms with Crippen LogP contribution in [0.25, 0.3) is 11.1 Å². The molecular formula is C25H25BrO4. The standard InChI is InChI=1S/C16H16O2.C9H9BrO2/c1-11-6-4-5-7-14(11)15-9-8-13(10-12(15)2)16(17)18-3;1-6-5-7(9(11)12-2)3-4-8(6)10/h4-10H,1-3H3;3-5H,1-2H3. The Morgan fingerprint density at radius 2 is 1.17 bits per heavy atom. The first-order chi connectivity index (χ1) is 14.3. The summed E-state index contributed by atoms with van der Waals surface area (Å²) in [5, 5.41) is 0. The molecule has 0 fully saturated rings. The van der Waals surface area contributed by atoms with E-state index >= 15 is 0 Å². The molecule has 0 amide bonds. The Balaban J connectivity index is 0.000000232. The van der Waals surface area contributed by atoms with E-state index in [0.29, 0.717) is 11.1 Å². The molecule has 4 nitrogen and oxygen atoms in total. The highest BCUT2D eigenvalue weighted by atomic mass is 79.9. The number of hydrogen-bond acceptors (Lipinski definition) is 4. The molecule has 30 heavy (non-hydrogen) atoms. The lowest BCUT2D eigenvalue weighted by atomic mass is 9.95. The van der Waals surface area contributed by atoms with Crippen molar-refractivity contribution in [1.82, 2.24) is 0 Å². The molecule has 0 unspecified atom stereocenters. The summed E-state index contributed by atoms with van der Waals surface area (Å²) >= 11 is 3.35. The summed E-state index contributed by atoms with van der Waals surface area (Å²) in [4.78, 5) is 22.5. The summed E-state index contributed by atoms with van der Waals surface area (Å²) in [7, 11) is 2.77. The number of hydrogen-bond donors (Lipinski definition) is 0. The Bertz CT molecular complexity index is 1060. The van der Waals surface area contributed by atoms with Crippen LogP contribution in [-0.2, 0) is 9.47 Å². The van der Waals surface area contributed by atoms with Gasteiger partial charge < -0.3 is 9.47 Å². The monoisotopic (exact) mass is 468 g/mol. The summed E-state index contributed by atoms with van der Waals surface area (Å²) in [6.45, 7) is 6.02. The van der Waals surface area contributed by atoms with Crippen molar-refractivity contribution in [3.05, 3.63) is 93.0 Å². The van der Waals surface area contributed by atoms with Crippen molar-refractivity contribution in [1.29, 1.82) is 0 Å². The average molecular weight is 469 g/mol. The molecule has 0 aliphatic rings. The van der Waals surface area contributed by atoms with Crippen molar-refractivity contribution in [3.63, 3.8) is 0 Å². The topological polar surface area (TPSA) is 52.6 Å². The number of esters is 2. The van der Waals surface area contributed by atoms with Gasteiger partial charge in [-0.1, -0.05) is 46.3 Å². The van der Waals surface area contributed by atoms with E-state index in [9.17, 15) is 9.59 Å². The van der Waals surface area contributed by atoms with Crippen LogP contribution in [0, 0.1) is 20.8 Å². The van der Waals surface area contributed by atoms with Gasteiger partial charge in [0.25, 0.3) is 0 Å². The third-order valence-electron chi connectivity index (χ3n) is 4.66. The number of halogens is 1. The van der Waals surface area contributed by atoms with E-state index in [2.05, 4.69) is 39.7 Å². The van der Waals surface area contributed by atoms with Gasteiger partial charge in [0, 0.05) is 4.47 Å². The minimum Gasteiger partial charge on any atom is -0.465 e. The summed E-state index contributed by atoms with van der Waals surface area (Å²) in [5.41, 5.74) is 6.86. The molecule has 0 aliphatic carbocycles. The molecule has 3 aromatic rings. The lowest BCUT2D eigenvalue weighted by Crippen LogP contribution is -2.01. The molecule has 0 radical (unpaired) electrons. The minimum absolute atomic E-state index is 0.297. The largest absolute Gasteiger partial charge is 0.465 e. The third kappa shape index (κ3) is 5.80. The van der Waals surface area contributed by atoms with Gasteiger partial charge >= 0.3 is 11.9 Å². The van der Waals surface area contributed by atoms with Crippen LogP contribution in [0.15, 0.2) is 65.1 Å². The van der Waals surface area contributed by atoms with Crippen molar-refractivity contribution < 1.29 is 19.1 Å². The van der Waals surface area contributed by atoms with Crippen molar-refractivity contribution in [3.8, 4) is 11.1 Å². The van der Waals surface area contributed by atoms with Gasteiger partial charge in [0.15, 0.2) is 0 Å². The number of aryl methyl sites for hydroxylation is 3. The van der Waals surface area contributed by atoms with Crippen LogP contribution in [0.4, 0.5) is 0 Å². The van der Waals surface area contributed by atoms with Crippen LogP contribution in [-0.4, -0.2) is 26.2 Å². The normalized spacial score (nSPS) is 9.93. The van der Waals surface area contributed by atoms with E-state index in [1.165, 1.54) is 25.3 Å². The van der Waals surface area contributed by atoms with E-state index in [0.717, 1.165) is 21.2 Å². The lowest BCUT2D eigenvalue weighted by molar-refractivity contribution is 0.0592. The molecule has 0 N–H and O–H groups in total. The number of carbonyl (C=O) groups is 2. The number of carbonyl (C=O) groups excluding carboxylic acids is 2. The van der Waals surface area contributed by atoms with Gasteiger partial charge in [-0.25, -0.2) is 9.59 Å². The molecule has 0 heterocycles. The summed E-state index contributed by atoms with van der Waals surface area (Å²) in [5.74, 6) is -0.597. The second-order valence-corrected chi connectivity index (χ2v) is 7.65. The van der Waals surface area contributed by atoms with Crippen LogP contribution < -0.4 is 0 Å². The SMILES string of the molecule is COC(=O)c1ccc(-c2ccccc2C)c(C)c1.COC(=O)c1ccc(Br)c(C)c1. The fourth-order valence-corrected chi connectivity index (χ4v) is 3.22. The molecule has 3 aromatic carbocycles. The summed E-state index contributed by atoms with van der Waals surface area (Å²) in [6.07, 6.45) is 0. The predicted molar refractivity (Wildman–Crippen MR) is 123 cm³/mol. The quantitative estimate of drug-likeness (QED) is 0.423. The highest BCUT2D eigenvalue weighted by Gasteiger charge is 2.09. The maximum atomic E-state index is 11.5. The smallest absolute Gasteiger partial charge is 0.337 e. The van der Waals surface area contributed by atoms with Crippen molar-refractivity contribution in [2.45, 2.75) is 20.8 Å². The maximum absolute atomic E-state index is 11.5. The molecule has 0 aromatic heterocycles. The molecule has 156 valence electrons. The molecule has 5 heteroatoms. The second kappa shape index (κ2) is 10.7. The summed E-state index contributed by atoms with van der Waals surface area (Å²) < 4.78 is 10.3. The van der Waals surface area contributed by atoms with Crippen LogP contribution in [0.3, 0.4) is 0 Å². The molecule has 0 bridgehead atoms. The zero-order chi connectivity index (χ0) is 22.3. The fourth-order valence-electron chi connectivity index (χ4n) is 2.98. The molecule has 0 atom stereocenters. The number of ether oxygens (including phenoxy) is 2. The van der Waals surface area contributed by atoms with E-state index in [4.69, 9.17) is 4.74 Å². The van der Waals surface area contributed by atoms with Crippen molar-refractivity contribution in [2.75, 3.05) is 14.2 Å². The zero-order valence-electron chi connectivity index (χ0n) is 17.8. The van der Waals surface area contributed by atoms with Gasteiger partial charge in [-0.15, -0.1) is 0 Å². The number of rotatable bonds is 3. The molecule has 3 rings (SSSR count). The molecule has 0 spiro atoms. The Kier molecular flexibility index (Phi) is 8.36. The van der Waals surface area contributed by atoms with Crippen molar-refractivity contribution in [2.24, 2.45) is 0 Å². The number of benzene rings is 3. The van der Waals surface area contributed by atoms with Gasteiger partial charge in [-0.05, 0) is 78.9 Å². The zero-order valence-corrected chi connectivity index (χ0v) is 19.4. The van der Waals surface area contributed by atoms with E-state index in [1.807, 2.05) is 44.2 Å². The Morgan fingerprint density at radius 3 is 1.67 bits per heavy atom. The lowest BCUT2D eigenvalue weighted by Gasteiger charge is -2.10. The van der Waals surface area contributed by atoms with Crippen LogP contribution >= 0.6 is 15.9 Å². The van der Waals surface area contributed by atoms with E-state index < -0.39 is 0 Å². The van der Waals surface area contributed by atoms with Crippen LogP contribution in [0.5, 0.6) is 0 Å². The first-order valence-electron chi connectivity index (χ1n) is 9.38. The van der Waals surface area contributed by atoms with E-state index in [1.54, 1.807) is 18.2 Å². The number of methoxy groups -OCH3 is 2. The van der Waals surface area contributed by atoms with Crippen molar-refractivity contribution >= 4 is 27.9 Å². The minimum atomic E-state index is -0.300. The Morgan fingerprint density at radius 1 is 0.667 bits per heavy atom.